The summed E-state index contributed by atoms with van der Waals surface area (Å²) in [5, 5.41) is 9.13. The molecule has 1 aromatic rings. The van der Waals surface area contributed by atoms with Crippen molar-refractivity contribution < 1.29 is 9.90 Å². The normalized spacial score (nSPS) is 21.4. The van der Waals surface area contributed by atoms with Crippen molar-refractivity contribution in [2.45, 2.75) is 26.3 Å². The van der Waals surface area contributed by atoms with Gasteiger partial charge in [0.15, 0.2) is 0 Å². The maximum atomic E-state index is 11.1. The lowest BCUT2D eigenvalue weighted by Gasteiger charge is -2.31. The summed E-state index contributed by atoms with van der Waals surface area (Å²) in [6.07, 6.45) is 2.51. The predicted molar refractivity (Wildman–Crippen MR) is 67.1 cm³/mol. The van der Waals surface area contributed by atoms with Crippen LogP contribution in [0.25, 0.3) is 0 Å². The van der Waals surface area contributed by atoms with Gasteiger partial charge in [-0.3, -0.25) is 4.90 Å². The van der Waals surface area contributed by atoms with Crippen molar-refractivity contribution in [3.05, 3.63) is 35.4 Å². The third-order valence-corrected chi connectivity index (χ3v) is 3.38. The highest BCUT2D eigenvalue weighted by Gasteiger charge is 2.18. The monoisotopic (exact) mass is 233 g/mol. The number of nitrogens with zero attached hydrogens (tertiary/aromatic N) is 1. The Balaban J connectivity index is 2.10. The summed E-state index contributed by atoms with van der Waals surface area (Å²) in [6, 6.07) is 7.30. The quantitative estimate of drug-likeness (QED) is 0.872. The molecular formula is C14H19NO2. The third kappa shape index (κ3) is 3.07. The molecule has 0 amide bonds. The highest BCUT2D eigenvalue weighted by molar-refractivity contribution is 5.89. The summed E-state index contributed by atoms with van der Waals surface area (Å²) in [7, 11) is 0. The molecular weight excluding hydrogens is 214 g/mol. The van der Waals surface area contributed by atoms with Crippen LogP contribution >= 0.6 is 0 Å². The van der Waals surface area contributed by atoms with Crippen LogP contribution in [-0.4, -0.2) is 29.1 Å². The van der Waals surface area contributed by atoms with Gasteiger partial charge in [0.25, 0.3) is 0 Å². The lowest BCUT2D eigenvalue weighted by molar-refractivity contribution is 0.0693. The van der Waals surface area contributed by atoms with Gasteiger partial charge in [-0.05, 0) is 36.9 Å². The van der Waals surface area contributed by atoms with Crippen molar-refractivity contribution >= 4 is 5.97 Å². The average molecular weight is 233 g/mol. The lowest BCUT2D eigenvalue weighted by Crippen LogP contribution is -2.34. The third-order valence-electron chi connectivity index (χ3n) is 3.38. The van der Waals surface area contributed by atoms with Crippen molar-refractivity contribution in [1.82, 2.24) is 4.90 Å². The van der Waals surface area contributed by atoms with E-state index in [2.05, 4.69) is 11.8 Å². The number of hydrogen-bond donors (Lipinski definition) is 1. The van der Waals surface area contributed by atoms with Gasteiger partial charge in [-0.1, -0.05) is 25.1 Å². The molecule has 1 aliphatic heterocycles. The summed E-state index contributed by atoms with van der Waals surface area (Å²) in [5.74, 6) is -0.105. The molecule has 2 rings (SSSR count). The molecule has 3 nitrogen and oxygen atoms in total. The summed E-state index contributed by atoms with van der Waals surface area (Å²) >= 11 is 0. The number of rotatable bonds is 3. The largest absolute Gasteiger partial charge is 0.478 e. The number of hydrogen-bond acceptors (Lipinski definition) is 2. The molecule has 17 heavy (non-hydrogen) atoms. The van der Waals surface area contributed by atoms with E-state index in [0.717, 1.165) is 31.1 Å². The molecule has 0 radical (unpaired) electrons. The van der Waals surface area contributed by atoms with Crippen LogP contribution in [-0.2, 0) is 6.54 Å². The Morgan fingerprint density at radius 3 is 2.94 bits per heavy atom. The minimum absolute atomic E-state index is 0.436. The van der Waals surface area contributed by atoms with Gasteiger partial charge in [-0.25, -0.2) is 4.79 Å². The number of carboxylic acid groups (broad SMARTS) is 1. The maximum absolute atomic E-state index is 11.1. The first kappa shape index (κ1) is 12.1. The number of likely N-dealkylation sites (tertiary alicyclic amines) is 1. The zero-order chi connectivity index (χ0) is 12.3. The standard InChI is InChI=1S/C14H19NO2/c1-11-5-4-8-15(9-11)10-12-6-2-3-7-13(12)14(16)17/h2-3,6-7,11H,4-5,8-10H2,1H3,(H,16,17)/t11-/m0/s1. The van der Waals surface area contributed by atoms with E-state index in [4.69, 9.17) is 5.11 Å². The SMILES string of the molecule is C[C@H]1CCCN(Cc2ccccc2C(=O)O)C1. The van der Waals surface area contributed by atoms with E-state index in [0.29, 0.717) is 5.56 Å². The number of carbonyl (C=O) groups is 1. The molecule has 92 valence electrons. The second-order valence-electron chi connectivity index (χ2n) is 4.94. The topological polar surface area (TPSA) is 40.5 Å². The molecule has 0 unspecified atom stereocenters. The number of aromatic carboxylic acids is 1. The molecule has 1 N–H and O–H groups in total. The molecule has 0 aromatic heterocycles. The van der Waals surface area contributed by atoms with Gasteiger partial charge >= 0.3 is 5.97 Å². The van der Waals surface area contributed by atoms with Crippen molar-refractivity contribution in [2.75, 3.05) is 13.1 Å². The summed E-state index contributed by atoms with van der Waals surface area (Å²) < 4.78 is 0. The van der Waals surface area contributed by atoms with Crippen LogP contribution in [0.2, 0.25) is 0 Å². The highest BCUT2D eigenvalue weighted by atomic mass is 16.4. The lowest BCUT2D eigenvalue weighted by atomic mass is 9.99. The molecule has 3 heteroatoms. The summed E-state index contributed by atoms with van der Waals surface area (Å²) in [6.45, 7) is 5.17. The van der Waals surface area contributed by atoms with Crippen molar-refractivity contribution in [2.24, 2.45) is 5.92 Å². The molecule has 1 saturated heterocycles. The number of carboxylic acids is 1. The molecule has 0 spiro atoms. The zero-order valence-corrected chi connectivity index (χ0v) is 10.2. The second kappa shape index (κ2) is 5.32. The fourth-order valence-electron chi connectivity index (χ4n) is 2.54. The smallest absolute Gasteiger partial charge is 0.336 e. The zero-order valence-electron chi connectivity index (χ0n) is 10.2. The maximum Gasteiger partial charge on any atom is 0.336 e. The van der Waals surface area contributed by atoms with Crippen LogP contribution in [0.4, 0.5) is 0 Å². The first-order valence-corrected chi connectivity index (χ1v) is 6.20. The minimum Gasteiger partial charge on any atom is -0.478 e. The van der Waals surface area contributed by atoms with Crippen LogP contribution in [0.15, 0.2) is 24.3 Å². The number of piperidine rings is 1. The molecule has 0 bridgehead atoms. The van der Waals surface area contributed by atoms with Gasteiger partial charge in [-0.15, -0.1) is 0 Å². The van der Waals surface area contributed by atoms with E-state index < -0.39 is 5.97 Å². The van der Waals surface area contributed by atoms with Crippen LogP contribution in [0.3, 0.4) is 0 Å². The van der Waals surface area contributed by atoms with Crippen LogP contribution < -0.4 is 0 Å². The average Bonchev–Trinajstić information content (AvgIpc) is 2.29. The van der Waals surface area contributed by atoms with E-state index >= 15 is 0 Å². The molecule has 1 atom stereocenters. The molecule has 1 aromatic carbocycles. The van der Waals surface area contributed by atoms with Gasteiger partial charge < -0.3 is 5.11 Å². The van der Waals surface area contributed by atoms with Crippen molar-refractivity contribution in [1.29, 1.82) is 0 Å². The van der Waals surface area contributed by atoms with Gasteiger partial charge in [0.05, 0.1) is 5.56 Å². The molecule has 0 saturated carbocycles. The summed E-state index contributed by atoms with van der Waals surface area (Å²) in [4.78, 5) is 13.5. The minimum atomic E-state index is -0.828. The van der Waals surface area contributed by atoms with Crippen LogP contribution in [0, 0.1) is 5.92 Å². The fraction of sp³-hybridized carbons (Fsp3) is 0.500. The van der Waals surface area contributed by atoms with Crippen LogP contribution in [0.5, 0.6) is 0 Å². The van der Waals surface area contributed by atoms with E-state index in [1.165, 1.54) is 12.8 Å². The van der Waals surface area contributed by atoms with Crippen molar-refractivity contribution in [3.8, 4) is 0 Å². The van der Waals surface area contributed by atoms with E-state index in [1.807, 2.05) is 12.1 Å². The first-order chi connectivity index (χ1) is 8.16. The Labute approximate surface area is 102 Å². The molecule has 0 aliphatic carbocycles. The molecule has 1 fully saturated rings. The van der Waals surface area contributed by atoms with Gasteiger partial charge in [-0.2, -0.15) is 0 Å². The summed E-state index contributed by atoms with van der Waals surface area (Å²) in [5.41, 5.74) is 1.36. The Kier molecular flexibility index (Phi) is 3.79. The van der Waals surface area contributed by atoms with E-state index in [9.17, 15) is 4.79 Å². The predicted octanol–water partition coefficient (Wildman–Crippen LogP) is 2.62. The van der Waals surface area contributed by atoms with E-state index in [1.54, 1.807) is 12.1 Å². The van der Waals surface area contributed by atoms with Crippen LogP contribution in [0.1, 0.15) is 35.7 Å². The molecule has 1 aliphatic rings. The first-order valence-electron chi connectivity index (χ1n) is 6.20. The fourth-order valence-corrected chi connectivity index (χ4v) is 2.54. The Hall–Kier alpha value is -1.35. The second-order valence-corrected chi connectivity index (χ2v) is 4.94. The highest BCUT2D eigenvalue weighted by Crippen LogP contribution is 2.19. The number of benzene rings is 1. The Morgan fingerprint density at radius 1 is 1.47 bits per heavy atom. The van der Waals surface area contributed by atoms with E-state index in [-0.39, 0.29) is 0 Å². The Bertz CT molecular complexity index is 403. The molecule has 1 heterocycles. The van der Waals surface area contributed by atoms with Gasteiger partial charge in [0.2, 0.25) is 0 Å². The van der Waals surface area contributed by atoms with Gasteiger partial charge in [0.1, 0.15) is 0 Å². The van der Waals surface area contributed by atoms with Crippen molar-refractivity contribution in [3.63, 3.8) is 0 Å². The van der Waals surface area contributed by atoms with Gasteiger partial charge in [0, 0.05) is 13.1 Å². The Morgan fingerprint density at radius 2 is 2.24 bits per heavy atom.